The fourth-order valence-corrected chi connectivity index (χ4v) is 6.74. The first-order valence-corrected chi connectivity index (χ1v) is 24.0. The van der Waals surface area contributed by atoms with Gasteiger partial charge in [-0.1, -0.05) is 48.5 Å². The van der Waals surface area contributed by atoms with E-state index in [-0.39, 0.29) is 39.8 Å². The van der Waals surface area contributed by atoms with E-state index < -0.39 is 31.6 Å². The number of carbonyl (C=O) groups excluding carboxylic acids is 1. The first kappa shape index (κ1) is 52.6. The van der Waals surface area contributed by atoms with Crippen molar-refractivity contribution in [3.05, 3.63) is 134 Å². The molecule has 0 aliphatic rings. The van der Waals surface area contributed by atoms with Crippen LogP contribution in [-0.4, -0.2) is 52.6 Å². The summed E-state index contributed by atoms with van der Waals surface area (Å²) in [6.07, 6.45) is 5.15. The van der Waals surface area contributed by atoms with E-state index in [0.29, 0.717) is 11.5 Å². The van der Waals surface area contributed by atoms with Gasteiger partial charge in [0.15, 0.2) is 11.5 Å². The number of hydrogen-bond acceptors (Lipinski definition) is 11. The number of amides is 2. The first-order valence-electron chi connectivity index (χ1n) is 17.7. The van der Waals surface area contributed by atoms with Crippen LogP contribution in [0, 0.1) is -0.0619 Å². The summed E-state index contributed by atoms with van der Waals surface area (Å²) in [5.41, 5.74) is 3.13. The number of sulfonamides is 2. The Bertz CT molecular complexity index is 2620. The average molecular weight is 1260 g/mol. The van der Waals surface area contributed by atoms with E-state index in [1.807, 2.05) is 77.5 Å². The Morgan fingerprint density at radius 2 is 1.03 bits per heavy atom. The summed E-state index contributed by atoms with van der Waals surface area (Å²) < 4.78 is 74.1. The van der Waals surface area contributed by atoms with E-state index in [0.717, 1.165) is 46.1 Å². The van der Waals surface area contributed by atoms with Gasteiger partial charge in [-0.3, -0.25) is 77.7 Å². The monoisotopic (exact) mass is 1250 g/mol. The summed E-state index contributed by atoms with van der Waals surface area (Å²) in [5.74, 6) is 2.61. The number of methoxy groups -OCH3 is 2. The number of rotatable bonds is 11. The van der Waals surface area contributed by atoms with Gasteiger partial charge in [-0.2, -0.15) is 0 Å². The molecule has 14 nitrogen and oxygen atoms in total. The van der Waals surface area contributed by atoms with Crippen molar-refractivity contribution in [1.82, 2.24) is 20.0 Å². The van der Waals surface area contributed by atoms with Crippen LogP contribution in [0.15, 0.2) is 144 Å². The van der Waals surface area contributed by atoms with Gasteiger partial charge in [-0.25, -0.2) is 31.5 Å². The number of nitrogens with two attached hydrogens (primary N) is 1. The Morgan fingerprint density at radius 1 is 0.629 bits per heavy atom. The second-order valence-electron chi connectivity index (χ2n) is 13.4. The molecule has 2 heterocycles. The molecule has 0 saturated heterocycles. The van der Waals surface area contributed by atoms with Crippen LogP contribution in [0.5, 0.6) is 34.5 Å². The van der Waals surface area contributed by atoms with Crippen molar-refractivity contribution in [2.75, 3.05) is 14.2 Å². The van der Waals surface area contributed by atoms with Gasteiger partial charge in [-0.05, 0) is 91.6 Å². The predicted molar refractivity (Wildman–Crippen MR) is 261 cm³/mol. The van der Waals surface area contributed by atoms with Crippen molar-refractivity contribution in [3.8, 4) is 56.8 Å². The van der Waals surface area contributed by atoms with Gasteiger partial charge in [0.1, 0.15) is 32.8 Å². The van der Waals surface area contributed by atoms with Crippen molar-refractivity contribution in [3.63, 3.8) is 0 Å². The summed E-state index contributed by atoms with van der Waals surface area (Å²) >= 11 is 6.70. The van der Waals surface area contributed by atoms with E-state index in [4.69, 9.17) is 24.1 Å². The molecule has 4 N–H and O–H groups in total. The molecule has 327 valence electrons. The van der Waals surface area contributed by atoms with Gasteiger partial charge >= 0.3 is 6.03 Å². The largest absolute Gasteiger partial charge is 0.497 e. The summed E-state index contributed by atoms with van der Waals surface area (Å²) in [6, 6.07) is 31.7. The first-order chi connectivity index (χ1) is 28.8. The maximum absolute atomic E-state index is 12.8. The van der Waals surface area contributed by atoms with Crippen LogP contribution in [0.2, 0.25) is 0 Å². The molecule has 20 heteroatoms. The fourth-order valence-electron chi connectivity index (χ4n) is 5.16. The van der Waals surface area contributed by atoms with E-state index in [1.54, 1.807) is 59.3 Å². The number of nitrogens with one attached hydrogen (secondary N) is 2. The SMILES string of the molecule is COc1ccc(-c2cccc(Oc3ccncc3S(=O)(=O)NC(=O)NC(C)(C)C)c2)cc1.COc1ccc(-c2cccc(Oc3ccncc3S(N)(=O)=O)c2)cc1.I[C-](I)I.[V]. The Hall–Kier alpha value is -3.72. The zero-order chi connectivity index (χ0) is 44.8. The zero-order valence-corrected chi connectivity index (χ0v) is 43.2. The molecule has 0 aliphatic carbocycles. The summed E-state index contributed by atoms with van der Waals surface area (Å²) in [7, 11) is -4.93. The minimum absolute atomic E-state index is 0. The van der Waals surface area contributed by atoms with Crippen LogP contribution in [-0.2, 0) is 38.6 Å². The van der Waals surface area contributed by atoms with E-state index in [9.17, 15) is 21.6 Å². The average Bonchev–Trinajstić information content (AvgIpc) is 3.20. The molecular formula is C42H41I3N5O9S2V-. The number of urea groups is 1. The Balaban J connectivity index is 0.000000306. The second-order valence-corrected chi connectivity index (χ2v) is 26.0. The van der Waals surface area contributed by atoms with Gasteiger partial charge in [0.05, 0.1) is 26.6 Å². The van der Waals surface area contributed by atoms with Crippen LogP contribution in [0.4, 0.5) is 4.79 Å². The number of ether oxygens (including phenoxy) is 4. The van der Waals surface area contributed by atoms with Gasteiger partial charge in [-0.15, -0.1) is -0.0619 Å². The van der Waals surface area contributed by atoms with Crippen molar-refractivity contribution < 1.29 is 59.1 Å². The summed E-state index contributed by atoms with van der Waals surface area (Å²) in [5, 5.41) is 7.75. The van der Waals surface area contributed by atoms with E-state index in [2.05, 4.69) is 83.1 Å². The van der Waals surface area contributed by atoms with Crippen LogP contribution in [0.3, 0.4) is 0 Å². The fraction of sp³-hybridized carbons (Fsp3) is 0.143. The van der Waals surface area contributed by atoms with Crippen molar-refractivity contribution in [2.45, 2.75) is 36.1 Å². The number of aromatic nitrogens is 2. The number of carbonyl (C=O) groups is 1. The van der Waals surface area contributed by atoms with Crippen LogP contribution in [0.1, 0.15) is 20.8 Å². The quantitative estimate of drug-likeness (QED) is 0.0824. The van der Waals surface area contributed by atoms with Gasteiger partial charge in [0.2, 0.25) is 10.0 Å². The molecule has 0 spiro atoms. The molecule has 62 heavy (non-hydrogen) atoms. The number of primary sulfonamides is 1. The molecule has 6 rings (SSSR count). The van der Waals surface area contributed by atoms with Crippen LogP contribution in [0.25, 0.3) is 22.3 Å². The predicted octanol–water partition coefficient (Wildman–Crippen LogP) is 10.3. The summed E-state index contributed by atoms with van der Waals surface area (Å²) in [6.45, 7) is 5.23. The van der Waals surface area contributed by atoms with Crippen LogP contribution < -0.4 is 34.1 Å². The molecule has 0 bridgehead atoms. The third-order valence-corrected chi connectivity index (χ3v) is 10.0. The van der Waals surface area contributed by atoms with Gasteiger partial charge in [0, 0.05) is 48.6 Å². The molecule has 0 saturated carbocycles. The standard InChI is InChI=1S/C23H25N3O5S.C18H16N2O4S.CI3.V/c1-23(2,3)25-22(27)26-32(28,29)21-15-24-13-12-20(21)31-19-7-5-6-17(14-19)16-8-10-18(30-4)11-9-16;1-23-15-7-5-13(6-8-15)14-3-2-4-16(11-14)24-17-9-10-20-12-18(17)25(19,21)22;2-1(3)4;/h5-15H,1-4H3,(H2,25,26,27);2-12H,1H3,(H2,19,21,22);;/q;;-1;. The number of halogens is 3. The minimum Gasteiger partial charge on any atom is -0.497 e. The maximum Gasteiger partial charge on any atom is 0.329 e. The third kappa shape index (κ3) is 17.1. The molecule has 6 aromatic rings. The number of benzene rings is 4. The second kappa shape index (κ2) is 24.4. The molecule has 0 atom stereocenters. The molecular weight excluding hydrogens is 1210 g/mol. The minimum atomic E-state index is -4.22. The maximum atomic E-state index is 12.8. The van der Waals surface area contributed by atoms with Crippen LogP contribution >= 0.6 is 67.8 Å². The molecule has 0 aliphatic heterocycles. The zero-order valence-electron chi connectivity index (χ0n) is 33.7. The molecule has 1 radical (unpaired) electrons. The number of pyridine rings is 2. The summed E-state index contributed by atoms with van der Waals surface area (Å²) in [4.78, 5) is 19.3. The van der Waals surface area contributed by atoms with Crippen molar-refractivity contribution in [2.24, 2.45) is 5.14 Å². The molecule has 2 aromatic heterocycles. The topological polar surface area (TPSA) is 198 Å². The molecule has 0 fully saturated rings. The Kier molecular flexibility index (Phi) is 20.7. The normalized spacial score (nSPS) is 11.0. The van der Waals surface area contributed by atoms with Crippen molar-refractivity contribution in [1.29, 1.82) is 0 Å². The van der Waals surface area contributed by atoms with Gasteiger partial charge in [0.25, 0.3) is 10.0 Å². The van der Waals surface area contributed by atoms with Gasteiger partial charge < -0.3 is 24.3 Å². The molecule has 0 unspecified atom stereocenters. The Labute approximate surface area is 414 Å². The van der Waals surface area contributed by atoms with Crippen molar-refractivity contribution >= 4 is 93.9 Å². The molecule has 4 aromatic carbocycles. The third-order valence-electron chi connectivity index (χ3n) is 7.78. The molecule has 2 amide bonds. The number of hydrogen-bond donors (Lipinski definition) is 3. The van der Waals surface area contributed by atoms with E-state index in [1.165, 1.54) is 24.5 Å². The van der Waals surface area contributed by atoms with E-state index >= 15 is 0 Å². The number of nitrogens with zero attached hydrogens (tertiary/aromatic N) is 2. The Morgan fingerprint density at radius 3 is 1.42 bits per heavy atom. The smallest absolute Gasteiger partial charge is 0.329 e.